The van der Waals surface area contributed by atoms with E-state index in [4.69, 9.17) is 0 Å². The number of rotatable bonds is 7. The van der Waals surface area contributed by atoms with Gasteiger partial charge in [-0.15, -0.1) is 0 Å². The van der Waals surface area contributed by atoms with E-state index in [9.17, 15) is 9.90 Å². The molecular weight excluding hydrogens is 345 g/mol. The first-order valence-electron chi connectivity index (χ1n) is 6.07. The van der Waals surface area contributed by atoms with Crippen LogP contribution in [0.2, 0.25) is 0 Å². The molecule has 0 fully saturated rings. The highest BCUT2D eigenvalue weighted by molar-refractivity contribution is 14.1. The van der Waals surface area contributed by atoms with Crippen molar-refractivity contribution >= 4 is 28.6 Å². The van der Waals surface area contributed by atoms with Gasteiger partial charge in [0.25, 0.3) is 0 Å². The highest BCUT2D eigenvalue weighted by atomic mass is 127. The van der Waals surface area contributed by atoms with Gasteiger partial charge in [0, 0.05) is 6.20 Å². The molecule has 0 radical (unpaired) electrons. The third-order valence-electron chi connectivity index (χ3n) is 2.96. The van der Waals surface area contributed by atoms with Crippen LogP contribution in [0, 0.1) is 3.57 Å². The molecule has 0 aliphatic rings. The summed E-state index contributed by atoms with van der Waals surface area (Å²) in [5, 5.41) is 16.7. The zero-order valence-corrected chi connectivity index (χ0v) is 13.1. The summed E-state index contributed by atoms with van der Waals surface area (Å²) < 4.78 is 2.87. The second-order valence-corrected chi connectivity index (χ2v) is 6.00. The summed E-state index contributed by atoms with van der Waals surface area (Å²) in [4.78, 5) is 11.4. The molecule has 0 amide bonds. The minimum atomic E-state index is -0.910. The standard InChI is InChI=1S/C12H20IN3O2/c1-4-5-14-12(3,11(17)18)6-9(2)16-8-10(13)7-15-16/h7-9,14H,4-6H2,1-3H3,(H,17,18). The van der Waals surface area contributed by atoms with Crippen molar-refractivity contribution in [3.63, 3.8) is 0 Å². The topological polar surface area (TPSA) is 67.2 Å². The number of aromatic nitrogens is 2. The molecule has 0 saturated carbocycles. The van der Waals surface area contributed by atoms with E-state index in [-0.39, 0.29) is 6.04 Å². The van der Waals surface area contributed by atoms with Gasteiger partial charge in [-0.2, -0.15) is 5.10 Å². The van der Waals surface area contributed by atoms with Crippen molar-refractivity contribution in [1.29, 1.82) is 0 Å². The van der Waals surface area contributed by atoms with Crippen molar-refractivity contribution in [2.24, 2.45) is 0 Å². The van der Waals surface area contributed by atoms with E-state index in [0.29, 0.717) is 13.0 Å². The lowest BCUT2D eigenvalue weighted by Crippen LogP contribution is -2.51. The molecule has 1 heterocycles. The minimum Gasteiger partial charge on any atom is -0.480 e. The van der Waals surface area contributed by atoms with E-state index in [1.165, 1.54) is 0 Å². The van der Waals surface area contributed by atoms with E-state index in [2.05, 4.69) is 33.0 Å². The summed E-state index contributed by atoms with van der Waals surface area (Å²) in [7, 11) is 0. The van der Waals surface area contributed by atoms with Crippen LogP contribution in [-0.4, -0.2) is 32.9 Å². The molecule has 102 valence electrons. The molecule has 0 aliphatic carbocycles. The van der Waals surface area contributed by atoms with Crippen LogP contribution >= 0.6 is 22.6 Å². The van der Waals surface area contributed by atoms with Gasteiger partial charge >= 0.3 is 5.97 Å². The van der Waals surface area contributed by atoms with Crippen molar-refractivity contribution < 1.29 is 9.90 Å². The van der Waals surface area contributed by atoms with Gasteiger partial charge in [0.2, 0.25) is 0 Å². The van der Waals surface area contributed by atoms with Gasteiger partial charge in [-0.25, -0.2) is 0 Å². The zero-order chi connectivity index (χ0) is 13.8. The number of nitrogens with zero attached hydrogens (tertiary/aromatic N) is 2. The van der Waals surface area contributed by atoms with Gasteiger partial charge in [-0.1, -0.05) is 6.92 Å². The number of carbonyl (C=O) groups is 1. The number of carboxylic acid groups (broad SMARTS) is 1. The molecule has 0 aliphatic heterocycles. The molecule has 18 heavy (non-hydrogen) atoms. The van der Waals surface area contributed by atoms with Crippen molar-refractivity contribution in [3.8, 4) is 0 Å². The quantitative estimate of drug-likeness (QED) is 0.728. The maximum absolute atomic E-state index is 11.4. The Bertz CT molecular complexity index is 408. The maximum Gasteiger partial charge on any atom is 0.323 e. The first-order chi connectivity index (χ1) is 8.39. The lowest BCUT2D eigenvalue weighted by atomic mass is 9.93. The van der Waals surface area contributed by atoms with Crippen LogP contribution in [0.4, 0.5) is 0 Å². The maximum atomic E-state index is 11.4. The van der Waals surface area contributed by atoms with Crippen molar-refractivity contribution in [3.05, 3.63) is 16.0 Å². The molecule has 1 rings (SSSR count). The van der Waals surface area contributed by atoms with E-state index < -0.39 is 11.5 Å². The molecule has 6 heteroatoms. The Morgan fingerprint density at radius 3 is 2.83 bits per heavy atom. The number of halogens is 1. The smallest absolute Gasteiger partial charge is 0.323 e. The third kappa shape index (κ3) is 3.94. The Kier molecular flexibility index (Phi) is 5.58. The summed E-state index contributed by atoms with van der Waals surface area (Å²) in [6.45, 7) is 6.44. The Hall–Kier alpha value is -0.630. The van der Waals surface area contributed by atoms with Crippen LogP contribution in [0.15, 0.2) is 12.4 Å². The van der Waals surface area contributed by atoms with Crippen LogP contribution in [0.1, 0.15) is 39.7 Å². The second-order valence-electron chi connectivity index (χ2n) is 4.76. The fourth-order valence-corrected chi connectivity index (χ4v) is 2.29. The summed E-state index contributed by atoms with van der Waals surface area (Å²) in [6.07, 6.45) is 5.11. The summed E-state index contributed by atoms with van der Waals surface area (Å²) in [5.74, 6) is -0.815. The fourth-order valence-electron chi connectivity index (χ4n) is 1.88. The number of aliphatic carboxylic acids is 1. The molecule has 0 saturated heterocycles. The predicted molar refractivity (Wildman–Crippen MR) is 78.6 cm³/mol. The number of nitrogens with one attached hydrogen (secondary N) is 1. The van der Waals surface area contributed by atoms with E-state index in [1.54, 1.807) is 13.1 Å². The van der Waals surface area contributed by atoms with Crippen LogP contribution in [-0.2, 0) is 4.79 Å². The first-order valence-corrected chi connectivity index (χ1v) is 7.15. The molecule has 0 spiro atoms. The molecule has 0 aromatic carbocycles. The highest BCUT2D eigenvalue weighted by Gasteiger charge is 2.34. The Balaban J connectivity index is 2.74. The van der Waals surface area contributed by atoms with Gasteiger partial charge < -0.3 is 10.4 Å². The largest absolute Gasteiger partial charge is 0.480 e. The van der Waals surface area contributed by atoms with Gasteiger partial charge in [-0.05, 0) is 55.8 Å². The van der Waals surface area contributed by atoms with Gasteiger partial charge in [0.15, 0.2) is 0 Å². The molecule has 1 aromatic heterocycles. The normalized spacial score (nSPS) is 16.2. The van der Waals surface area contributed by atoms with E-state index in [1.807, 2.05) is 24.7 Å². The Labute approximate surface area is 121 Å². The van der Waals surface area contributed by atoms with E-state index >= 15 is 0 Å². The fraction of sp³-hybridized carbons (Fsp3) is 0.667. The summed E-state index contributed by atoms with van der Waals surface area (Å²) >= 11 is 2.19. The molecule has 2 N–H and O–H groups in total. The Morgan fingerprint density at radius 2 is 2.39 bits per heavy atom. The number of hydrogen-bond donors (Lipinski definition) is 2. The van der Waals surface area contributed by atoms with Crippen LogP contribution in [0.3, 0.4) is 0 Å². The lowest BCUT2D eigenvalue weighted by molar-refractivity contribution is -0.144. The monoisotopic (exact) mass is 365 g/mol. The molecule has 5 nitrogen and oxygen atoms in total. The highest BCUT2D eigenvalue weighted by Crippen LogP contribution is 2.21. The SMILES string of the molecule is CCCNC(C)(CC(C)n1cc(I)cn1)C(=O)O. The average Bonchev–Trinajstić information content (AvgIpc) is 2.73. The molecule has 2 unspecified atom stereocenters. The van der Waals surface area contributed by atoms with E-state index in [0.717, 1.165) is 9.99 Å². The number of hydrogen-bond acceptors (Lipinski definition) is 3. The third-order valence-corrected chi connectivity index (χ3v) is 3.52. The lowest BCUT2D eigenvalue weighted by Gasteiger charge is -2.29. The van der Waals surface area contributed by atoms with Crippen molar-refractivity contribution in [2.75, 3.05) is 6.54 Å². The van der Waals surface area contributed by atoms with Crippen LogP contribution < -0.4 is 5.32 Å². The van der Waals surface area contributed by atoms with Crippen LogP contribution in [0.5, 0.6) is 0 Å². The van der Waals surface area contributed by atoms with Crippen molar-refractivity contribution in [2.45, 2.75) is 45.2 Å². The summed E-state index contributed by atoms with van der Waals surface area (Å²) in [5.41, 5.74) is -0.910. The molecule has 1 aromatic rings. The minimum absolute atomic E-state index is 0.0407. The van der Waals surface area contributed by atoms with Gasteiger partial charge in [-0.3, -0.25) is 9.48 Å². The number of carboxylic acids is 1. The Morgan fingerprint density at radius 1 is 1.72 bits per heavy atom. The average molecular weight is 365 g/mol. The van der Waals surface area contributed by atoms with Crippen LogP contribution in [0.25, 0.3) is 0 Å². The summed E-state index contributed by atoms with van der Waals surface area (Å²) in [6, 6.07) is 0.0407. The molecule has 0 bridgehead atoms. The predicted octanol–water partition coefficient (Wildman–Crippen LogP) is 2.28. The van der Waals surface area contributed by atoms with Crippen molar-refractivity contribution in [1.82, 2.24) is 15.1 Å². The van der Waals surface area contributed by atoms with Gasteiger partial charge in [0.05, 0.1) is 15.8 Å². The molecule has 2 atom stereocenters. The molecular formula is C12H20IN3O2. The second kappa shape index (κ2) is 6.51. The zero-order valence-electron chi connectivity index (χ0n) is 11.0. The van der Waals surface area contributed by atoms with Gasteiger partial charge in [0.1, 0.15) is 5.54 Å². The first kappa shape index (κ1) is 15.4.